The second-order valence-corrected chi connectivity index (χ2v) is 9.06. The van der Waals surface area contributed by atoms with Gasteiger partial charge in [0.15, 0.2) is 0 Å². The largest absolute Gasteiger partial charge is 0.384 e. The molecule has 0 aromatic heterocycles. The fourth-order valence-corrected chi connectivity index (χ4v) is 4.13. The van der Waals surface area contributed by atoms with Gasteiger partial charge in [0.1, 0.15) is 18.1 Å². The third-order valence-electron chi connectivity index (χ3n) is 5.21. The Morgan fingerprint density at radius 2 is 1.83 bits per heavy atom. The Morgan fingerprint density at radius 3 is 2.43 bits per heavy atom. The zero-order chi connectivity index (χ0) is 26.3. The molecule has 8 N–H and O–H groups in total. The van der Waals surface area contributed by atoms with E-state index in [0.29, 0.717) is 9.99 Å². The number of non-ortho nitro benzene ring substituents is 1. The SMILES string of the molecule is C[C@@H]1NC(=O)[C@H](CCC(N)=O)NC(=O)c2cc([N+](=O)[O-])cc(I)c2NCCC[C@@H](C(N)=O)NC1=O. The summed E-state index contributed by atoms with van der Waals surface area (Å²) in [5.74, 6) is -3.74. The summed E-state index contributed by atoms with van der Waals surface area (Å²) >= 11 is 1.84. The first-order valence-corrected chi connectivity index (χ1v) is 11.7. The molecule has 1 aliphatic rings. The zero-order valence-electron chi connectivity index (χ0n) is 18.8. The molecule has 2 rings (SSSR count). The van der Waals surface area contributed by atoms with E-state index in [2.05, 4.69) is 21.3 Å². The fraction of sp³-hybridized carbons (Fsp3) is 0.450. The molecule has 0 saturated carbocycles. The molecule has 1 heterocycles. The number of rotatable bonds is 5. The summed E-state index contributed by atoms with van der Waals surface area (Å²) in [5, 5.41) is 21.8. The molecule has 0 aliphatic carbocycles. The van der Waals surface area contributed by atoms with Gasteiger partial charge in [-0.2, -0.15) is 0 Å². The van der Waals surface area contributed by atoms with Gasteiger partial charge < -0.3 is 32.7 Å². The molecule has 190 valence electrons. The minimum absolute atomic E-state index is 0.0935. The Labute approximate surface area is 213 Å². The maximum atomic E-state index is 13.1. The molecule has 3 atom stereocenters. The van der Waals surface area contributed by atoms with Gasteiger partial charge in [-0.3, -0.25) is 34.1 Å². The number of carbonyl (C=O) groups excluding carboxylic acids is 5. The molecule has 1 aromatic rings. The van der Waals surface area contributed by atoms with Crippen molar-refractivity contribution in [2.45, 2.75) is 50.7 Å². The molecule has 5 amide bonds. The van der Waals surface area contributed by atoms with Crippen molar-refractivity contribution in [1.29, 1.82) is 0 Å². The van der Waals surface area contributed by atoms with Crippen LogP contribution in [0.2, 0.25) is 0 Å². The van der Waals surface area contributed by atoms with E-state index in [1.54, 1.807) is 0 Å². The van der Waals surface area contributed by atoms with E-state index < -0.39 is 52.6 Å². The van der Waals surface area contributed by atoms with Crippen molar-refractivity contribution in [3.63, 3.8) is 0 Å². The molecule has 0 radical (unpaired) electrons. The van der Waals surface area contributed by atoms with Crippen LogP contribution in [0.1, 0.15) is 43.0 Å². The average Bonchev–Trinajstić information content (AvgIpc) is 2.77. The average molecular weight is 603 g/mol. The molecule has 14 nitrogen and oxygen atoms in total. The maximum Gasteiger partial charge on any atom is 0.271 e. The van der Waals surface area contributed by atoms with E-state index >= 15 is 0 Å². The number of amides is 5. The van der Waals surface area contributed by atoms with Crippen molar-refractivity contribution in [2.75, 3.05) is 11.9 Å². The number of nitrogens with one attached hydrogen (secondary N) is 4. The molecule has 1 aromatic carbocycles. The summed E-state index contributed by atoms with van der Waals surface area (Å²) in [6.07, 6.45) is 0.0886. The van der Waals surface area contributed by atoms with Gasteiger partial charge >= 0.3 is 0 Å². The molecular formula is C20H26IN7O7. The van der Waals surface area contributed by atoms with E-state index in [1.165, 1.54) is 13.0 Å². The Kier molecular flexibility index (Phi) is 9.73. The number of primary amides is 2. The minimum atomic E-state index is -1.29. The van der Waals surface area contributed by atoms with Gasteiger partial charge in [0.25, 0.3) is 11.6 Å². The lowest BCUT2D eigenvalue weighted by atomic mass is 10.1. The lowest BCUT2D eigenvalue weighted by Crippen LogP contribution is -2.55. The van der Waals surface area contributed by atoms with Gasteiger partial charge in [-0.05, 0) is 48.8 Å². The standard InChI is InChI=1S/C20H26IN7O7/c1-9-18(31)26-13(17(23)30)3-2-6-24-16-11(7-10(28(34)35)8-12(16)21)19(32)27-14(20(33)25-9)4-5-15(22)29/h7-9,13-14,24H,2-6H2,1H3,(H2,22,29)(H2,23,30)(H,25,33)(H,26,31)(H,27,32)/t9-,13-,14-/m0/s1. The van der Waals surface area contributed by atoms with Crippen LogP contribution in [-0.4, -0.2) is 59.1 Å². The molecular weight excluding hydrogens is 577 g/mol. The molecule has 0 fully saturated rings. The second-order valence-electron chi connectivity index (χ2n) is 7.90. The number of halogens is 1. The quantitative estimate of drug-likeness (QED) is 0.142. The number of nitro groups is 1. The van der Waals surface area contributed by atoms with Crippen LogP contribution in [0.4, 0.5) is 11.4 Å². The van der Waals surface area contributed by atoms with Gasteiger partial charge in [-0.15, -0.1) is 0 Å². The monoisotopic (exact) mass is 603 g/mol. The molecule has 0 bridgehead atoms. The number of nitro benzene ring substituents is 1. The first-order chi connectivity index (χ1) is 16.4. The Morgan fingerprint density at radius 1 is 1.14 bits per heavy atom. The van der Waals surface area contributed by atoms with Gasteiger partial charge in [-0.25, -0.2) is 0 Å². The van der Waals surface area contributed by atoms with Crippen LogP contribution in [0.25, 0.3) is 0 Å². The number of carbonyl (C=O) groups is 5. The molecule has 0 spiro atoms. The third-order valence-corrected chi connectivity index (χ3v) is 6.07. The van der Waals surface area contributed by atoms with E-state index in [-0.39, 0.29) is 42.7 Å². The fourth-order valence-electron chi connectivity index (χ4n) is 3.33. The van der Waals surface area contributed by atoms with Crippen molar-refractivity contribution in [3.05, 3.63) is 31.4 Å². The normalized spacial score (nSPS) is 21.7. The van der Waals surface area contributed by atoms with Gasteiger partial charge in [-0.1, -0.05) is 0 Å². The number of fused-ring (bicyclic) bond motifs is 1. The summed E-state index contributed by atoms with van der Waals surface area (Å²) in [6, 6.07) is -1.04. The number of hydrogen-bond acceptors (Lipinski definition) is 8. The van der Waals surface area contributed by atoms with Crippen molar-refractivity contribution in [2.24, 2.45) is 11.5 Å². The highest BCUT2D eigenvalue weighted by Gasteiger charge is 2.29. The van der Waals surface area contributed by atoms with Crippen molar-refractivity contribution in [3.8, 4) is 0 Å². The highest BCUT2D eigenvalue weighted by Crippen LogP contribution is 2.29. The van der Waals surface area contributed by atoms with E-state index in [4.69, 9.17) is 11.5 Å². The molecule has 15 heteroatoms. The second kappa shape index (κ2) is 12.3. The highest BCUT2D eigenvalue weighted by atomic mass is 127. The van der Waals surface area contributed by atoms with Gasteiger partial charge in [0, 0.05) is 28.7 Å². The topological polar surface area (TPSA) is 229 Å². The predicted molar refractivity (Wildman–Crippen MR) is 132 cm³/mol. The van der Waals surface area contributed by atoms with E-state index in [9.17, 15) is 34.1 Å². The molecule has 35 heavy (non-hydrogen) atoms. The van der Waals surface area contributed by atoms with Crippen LogP contribution in [0.15, 0.2) is 12.1 Å². The van der Waals surface area contributed by atoms with Crippen LogP contribution in [0, 0.1) is 13.7 Å². The van der Waals surface area contributed by atoms with Gasteiger partial charge in [0.05, 0.1) is 16.2 Å². The molecule has 0 unspecified atom stereocenters. The molecule has 0 saturated heterocycles. The number of nitrogens with zero attached hydrogens (tertiary/aromatic N) is 1. The number of anilines is 1. The van der Waals surface area contributed by atoms with Crippen molar-refractivity contribution < 1.29 is 28.9 Å². The van der Waals surface area contributed by atoms with Crippen LogP contribution in [-0.2, 0) is 19.2 Å². The maximum absolute atomic E-state index is 13.1. The molecule has 1 aliphatic heterocycles. The Bertz CT molecular complexity index is 1050. The smallest absolute Gasteiger partial charge is 0.271 e. The van der Waals surface area contributed by atoms with Crippen LogP contribution in [0.3, 0.4) is 0 Å². The first kappa shape index (κ1) is 27.7. The van der Waals surface area contributed by atoms with Crippen LogP contribution < -0.4 is 32.7 Å². The van der Waals surface area contributed by atoms with E-state index in [0.717, 1.165) is 6.07 Å². The first-order valence-electron chi connectivity index (χ1n) is 10.6. The van der Waals surface area contributed by atoms with Crippen LogP contribution in [0.5, 0.6) is 0 Å². The summed E-state index contributed by atoms with van der Waals surface area (Å²) in [7, 11) is 0. The Hall–Kier alpha value is -3.50. The lowest BCUT2D eigenvalue weighted by molar-refractivity contribution is -0.384. The summed E-state index contributed by atoms with van der Waals surface area (Å²) in [5.41, 5.74) is 10.4. The highest BCUT2D eigenvalue weighted by molar-refractivity contribution is 14.1. The summed E-state index contributed by atoms with van der Waals surface area (Å²) in [6.45, 7) is 1.62. The number of benzene rings is 1. The third kappa shape index (κ3) is 7.76. The summed E-state index contributed by atoms with van der Waals surface area (Å²) in [4.78, 5) is 72.3. The Balaban J connectivity index is 2.50. The number of nitrogens with two attached hydrogens (primary N) is 2. The van der Waals surface area contributed by atoms with Gasteiger partial charge in [0.2, 0.25) is 23.6 Å². The van der Waals surface area contributed by atoms with Crippen molar-refractivity contribution >= 4 is 63.5 Å². The zero-order valence-corrected chi connectivity index (χ0v) is 20.9. The minimum Gasteiger partial charge on any atom is -0.384 e. The lowest BCUT2D eigenvalue weighted by Gasteiger charge is -2.22. The summed E-state index contributed by atoms with van der Waals surface area (Å²) < 4.78 is 0.373. The predicted octanol–water partition coefficient (Wildman–Crippen LogP) is -0.756. The van der Waals surface area contributed by atoms with Crippen molar-refractivity contribution in [1.82, 2.24) is 16.0 Å². The number of hydrogen-bond donors (Lipinski definition) is 6. The van der Waals surface area contributed by atoms with Crippen LogP contribution >= 0.6 is 22.6 Å². The van der Waals surface area contributed by atoms with E-state index in [1.807, 2.05) is 22.6 Å².